The summed E-state index contributed by atoms with van der Waals surface area (Å²) in [6.07, 6.45) is 2.82. The van der Waals surface area contributed by atoms with Crippen LogP contribution in [0.2, 0.25) is 0 Å². The van der Waals surface area contributed by atoms with E-state index in [-0.39, 0.29) is 4.16 Å². The fraction of sp³-hybridized carbons (Fsp3) is 1.00. The van der Waals surface area contributed by atoms with Gasteiger partial charge in [0, 0.05) is 6.26 Å². The molecule has 56 valence electrons. The molecule has 9 heavy (non-hydrogen) atoms. The van der Waals surface area contributed by atoms with Crippen LogP contribution in [0.5, 0.6) is 0 Å². The van der Waals surface area contributed by atoms with Crippen LogP contribution in [-0.4, -0.2) is 18.8 Å². The zero-order valence-electron chi connectivity index (χ0n) is 5.59. The Morgan fingerprint density at radius 1 is 1.56 bits per heavy atom. The molecule has 0 amide bonds. The topological polar surface area (TPSA) is 34.1 Å². The second-order valence-electron chi connectivity index (χ2n) is 2.03. The van der Waals surface area contributed by atoms with E-state index in [4.69, 9.17) is 0 Å². The number of hydrogen-bond donors (Lipinski definition) is 0. The Morgan fingerprint density at radius 2 is 2.00 bits per heavy atom. The molecule has 0 aliphatic rings. The lowest BCUT2D eigenvalue weighted by molar-refractivity contribution is 0.595. The molecule has 0 saturated carbocycles. The van der Waals surface area contributed by atoms with Crippen molar-refractivity contribution in [1.29, 1.82) is 0 Å². The average molecular weight is 215 g/mol. The lowest BCUT2D eigenvalue weighted by Gasteiger charge is -2.03. The predicted molar refractivity (Wildman–Crippen MR) is 42.5 cm³/mol. The highest BCUT2D eigenvalue weighted by molar-refractivity contribution is 9.11. The summed E-state index contributed by atoms with van der Waals surface area (Å²) in [7, 11) is -2.85. The van der Waals surface area contributed by atoms with Gasteiger partial charge in [-0.3, -0.25) is 0 Å². The quantitative estimate of drug-likeness (QED) is 0.669. The molecule has 0 N–H and O–H groups in total. The van der Waals surface area contributed by atoms with Crippen LogP contribution in [0, 0.1) is 0 Å². The standard InChI is InChI=1S/C5H11BrO2S/c1-3-4-5(6)9(2,7)8/h5H,3-4H2,1-2H3. The molecule has 0 radical (unpaired) electrons. The van der Waals surface area contributed by atoms with Crippen molar-refractivity contribution in [1.82, 2.24) is 0 Å². The van der Waals surface area contributed by atoms with Crippen LogP contribution in [0.25, 0.3) is 0 Å². The van der Waals surface area contributed by atoms with Crippen molar-refractivity contribution in [2.24, 2.45) is 0 Å². The maximum absolute atomic E-state index is 10.7. The number of alkyl halides is 1. The van der Waals surface area contributed by atoms with E-state index in [9.17, 15) is 8.42 Å². The first-order valence-electron chi connectivity index (χ1n) is 2.81. The molecule has 0 saturated heterocycles. The van der Waals surface area contributed by atoms with Crippen molar-refractivity contribution in [3.05, 3.63) is 0 Å². The van der Waals surface area contributed by atoms with Gasteiger partial charge in [0.1, 0.15) is 4.16 Å². The van der Waals surface area contributed by atoms with E-state index in [0.29, 0.717) is 6.42 Å². The van der Waals surface area contributed by atoms with Crippen LogP contribution in [0.15, 0.2) is 0 Å². The van der Waals surface area contributed by atoms with Gasteiger partial charge >= 0.3 is 0 Å². The zero-order chi connectivity index (χ0) is 7.49. The van der Waals surface area contributed by atoms with Gasteiger partial charge in [0.2, 0.25) is 0 Å². The third-order valence-corrected chi connectivity index (χ3v) is 4.64. The summed E-state index contributed by atoms with van der Waals surface area (Å²) >= 11 is 3.07. The molecule has 0 aromatic rings. The summed E-state index contributed by atoms with van der Waals surface area (Å²) in [5.41, 5.74) is 0. The number of hydrogen-bond acceptors (Lipinski definition) is 2. The second kappa shape index (κ2) is 3.56. The van der Waals surface area contributed by atoms with Crippen molar-refractivity contribution in [3.63, 3.8) is 0 Å². The minimum atomic E-state index is -2.85. The Kier molecular flexibility index (Phi) is 3.73. The number of rotatable bonds is 3. The maximum atomic E-state index is 10.7. The van der Waals surface area contributed by atoms with Gasteiger partial charge in [-0.05, 0) is 6.42 Å². The smallest absolute Gasteiger partial charge is 0.160 e. The van der Waals surface area contributed by atoms with Gasteiger partial charge in [-0.15, -0.1) is 0 Å². The van der Waals surface area contributed by atoms with E-state index in [1.165, 1.54) is 6.26 Å². The molecule has 0 aromatic carbocycles. The molecule has 0 rings (SSSR count). The minimum Gasteiger partial charge on any atom is -0.228 e. The third-order valence-electron chi connectivity index (χ3n) is 0.980. The highest BCUT2D eigenvalue weighted by atomic mass is 79.9. The van der Waals surface area contributed by atoms with Gasteiger partial charge in [0.15, 0.2) is 9.84 Å². The van der Waals surface area contributed by atoms with Crippen molar-refractivity contribution in [3.8, 4) is 0 Å². The Morgan fingerprint density at radius 3 is 2.11 bits per heavy atom. The van der Waals surface area contributed by atoms with Crippen LogP contribution in [-0.2, 0) is 9.84 Å². The van der Waals surface area contributed by atoms with Crippen LogP contribution >= 0.6 is 15.9 Å². The van der Waals surface area contributed by atoms with E-state index in [2.05, 4.69) is 15.9 Å². The first-order valence-corrected chi connectivity index (χ1v) is 5.68. The van der Waals surface area contributed by atoms with Crippen LogP contribution in [0.3, 0.4) is 0 Å². The zero-order valence-corrected chi connectivity index (χ0v) is 8.00. The Bertz CT molecular complexity index is 162. The second-order valence-corrected chi connectivity index (χ2v) is 5.97. The van der Waals surface area contributed by atoms with Gasteiger partial charge < -0.3 is 0 Å². The van der Waals surface area contributed by atoms with E-state index in [0.717, 1.165) is 6.42 Å². The molecule has 2 nitrogen and oxygen atoms in total. The molecule has 0 aliphatic heterocycles. The van der Waals surface area contributed by atoms with Crippen LogP contribution in [0.4, 0.5) is 0 Å². The lowest BCUT2D eigenvalue weighted by atomic mass is 10.4. The maximum Gasteiger partial charge on any atom is 0.160 e. The molecule has 0 bridgehead atoms. The fourth-order valence-electron chi connectivity index (χ4n) is 0.441. The first kappa shape index (κ1) is 9.43. The molecular formula is C5H11BrO2S. The van der Waals surface area contributed by atoms with Crippen molar-refractivity contribution < 1.29 is 8.42 Å². The van der Waals surface area contributed by atoms with Crippen LogP contribution < -0.4 is 0 Å². The van der Waals surface area contributed by atoms with E-state index >= 15 is 0 Å². The molecule has 1 unspecified atom stereocenters. The highest BCUT2D eigenvalue weighted by Gasteiger charge is 2.14. The van der Waals surface area contributed by atoms with Gasteiger partial charge in [-0.1, -0.05) is 29.3 Å². The van der Waals surface area contributed by atoms with E-state index in [1.807, 2.05) is 6.92 Å². The van der Waals surface area contributed by atoms with Gasteiger partial charge in [0.05, 0.1) is 0 Å². The molecule has 0 fully saturated rings. The van der Waals surface area contributed by atoms with Gasteiger partial charge in [-0.2, -0.15) is 0 Å². The molecular weight excluding hydrogens is 204 g/mol. The van der Waals surface area contributed by atoms with Crippen molar-refractivity contribution in [2.45, 2.75) is 23.9 Å². The predicted octanol–water partition coefficient (Wildman–Crippen LogP) is 1.55. The molecule has 0 spiro atoms. The summed E-state index contributed by atoms with van der Waals surface area (Å²) in [5.74, 6) is 0. The normalized spacial score (nSPS) is 15.4. The molecule has 4 heteroatoms. The Hall–Kier alpha value is 0.430. The lowest BCUT2D eigenvalue weighted by Crippen LogP contribution is -2.11. The van der Waals surface area contributed by atoms with E-state index in [1.54, 1.807) is 0 Å². The fourth-order valence-corrected chi connectivity index (χ4v) is 1.56. The summed E-state index contributed by atoms with van der Waals surface area (Å²) in [5, 5.41) is 0. The van der Waals surface area contributed by atoms with Crippen molar-refractivity contribution in [2.75, 3.05) is 6.26 Å². The van der Waals surface area contributed by atoms with E-state index < -0.39 is 9.84 Å². The number of sulfone groups is 1. The monoisotopic (exact) mass is 214 g/mol. The van der Waals surface area contributed by atoms with Crippen LogP contribution in [0.1, 0.15) is 19.8 Å². The van der Waals surface area contributed by atoms with Crippen molar-refractivity contribution >= 4 is 25.8 Å². The Balaban J connectivity index is 3.90. The SMILES string of the molecule is CCCC(Br)S(C)(=O)=O. The first-order chi connectivity index (χ1) is 3.98. The molecule has 0 aromatic heterocycles. The molecule has 0 aliphatic carbocycles. The summed E-state index contributed by atoms with van der Waals surface area (Å²) < 4.78 is 21.0. The number of halogens is 1. The largest absolute Gasteiger partial charge is 0.228 e. The summed E-state index contributed by atoms with van der Waals surface area (Å²) in [4.78, 5) is 0. The third kappa shape index (κ3) is 3.92. The Labute approximate surface area is 64.7 Å². The molecule has 1 atom stereocenters. The minimum absolute atomic E-state index is 0.352. The van der Waals surface area contributed by atoms with Gasteiger partial charge in [0.25, 0.3) is 0 Å². The molecule has 0 heterocycles. The summed E-state index contributed by atoms with van der Waals surface area (Å²) in [6, 6.07) is 0. The summed E-state index contributed by atoms with van der Waals surface area (Å²) in [6.45, 7) is 1.96. The van der Waals surface area contributed by atoms with Gasteiger partial charge in [-0.25, -0.2) is 8.42 Å². The average Bonchev–Trinajstić information content (AvgIpc) is 1.64. The highest BCUT2D eigenvalue weighted by Crippen LogP contribution is 2.13.